The average molecular weight is 231 g/mol. The summed E-state index contributed by atoms with van der Waals surface area (Å²) >= 11 is 0. The molecule has 1 fully saturated rings. The van der Waals surface area contributed by atoms with Gasteiger partial charge in [0, 0.05) is 38.6 Å². The summed E-state index contributed by atoms with van der Waals surface area (Å²) in [5.41, 5.74) is 0.427. The molecular weight excluding hydrogens is 214 g/mol. The van der Waals surface area contributed by atoms with Crippen LogP contribution >= 0.6 is 0 Å². The highest BCUT2D eigenvalue weighted by molar-refractivity contribution is 5.49. The first-order chi connectivity index (χ1) is 8.35. The molecule has 2 rings (SSSR count). The summed E-state index contributed by atoms with van der Waals surface area (Å²) in [6.07, 6.45) is 4.40. The van der Waals surface area contributed by atoms with Crippen molar-refractivity contribution >= 4 is 5.82 Å². The molecule has 0 radical (unpaired) electrons. The third kappa shape index (κ3) is 2.71. The van der Waals surface area contributed by atoms with E-state index in [9.17, 15) is 0 Å². The van der Waals surface area contributed by atoms with E-state index in [1.165, 1.54) is 6.42 Å². The maximum absolute atomic E-state index is 9.00. The Bertz CT molecular complexity index is 404. The van der Waals surface area contributed by atoms with Gasteiger partial charge in [0.05, 0.1) is 0 Å². The van der Waals surface area contributed by atoms with Crippen LogP contribution in [0, 0.1) is 11.3 Å². The molecule has 0 spiro atoms. The highest BCUT2D eigenvalue weighted by Crippen LogP contribution is 2.16. The molecule has 0 atom stereocenters. The minimum absolute atomic E-state index is 0.427. The second-order valence-corrected chi connectivity index (χ2v) is 4.17. The minimum Gasteiger partial charge on any atom is -0.352 e. The van der Waals surface area contributed by atoms with Crippen molar-refractivity contribution in [1.29, 1.82) is 5.26 Å². The van der Waals surface area contributed by atoms with Crippen molar-refractivity contribution in [1.82, 2.24) is 14.9 Å². The number of nitriles is 1. The Morgan fingerprint density at radius 2 is 1.94 bits per heavy atom. The van der Waals surface area contributed by atoms with Gasteiger partial charge >= 0.3 is 0 Å². The van der Waals surface area contributed by atoms with Crippen molar-refractivity contribution in [3.8, 4) is 6.07 Å². The van der Waals surface area contributed by atoms with Gasteiger partial charge in [0.1, 0.15) is 6.07 Å². The molecule has 0 unspecified atom stereocenters. The van der Waals surface area contributed by atoms with Crippen molar-refractivity contribution < 1.29 is 0 Å². The normalized spacial score (nSPS) is 16.8. The van der Waals surface area contributed by atoms with E-state index >= 15 is 0 Å². The molecule has 0 saturated carbocycles. The van der Waals surface area contributed by atoms with Crippen LogP contribution in [-0.4, -0.2) is 47.6 Å². The van der Waals surface area contributed by atoms with E-state index < -0.39 is 0 Å². The summed E-state index contributed by atoms with van der Waals surface area (Å²) < 4.78 is 0. The predicted molar refractivity (Wildman–Crippen MR) is 65.7 cm³/mol. The van der Waals surface area contributed by atoms with Gasteiger partial charge in [0.25, 0.3) is 0 Å². The molecule has 0 aromatic carbocycles. The molecule has 90 valence electrons. The van der Waals surface area contributed by atoms with Gasteiger partial charge in [-0.25, -0.2) is 9.97 Å². The van der Waals surface area contributed by atoms with E-state index in [-0.39, 0.29) is 0 Å². The summed E-state index contributed by atoms with van der Waals surface area (Å²) in [6.45, 7) is 7.27. The molecule has 1 aliphatic heterocycles. The van der Waals surface area contributed by atoms with Crippen LogP contribution in [0.25, 0.3) is 0 Å². The highest BCUT2D eigenvalue weighted by atomic mass is 15.3. The number of anilines is 1. The third-order valence-electron chi connectivity index (χ3n) is 3.00. The van der Waals surface area contributed by atoms with Crippen LogP contribution in [0.5, 0.6) is 0 Å². The number of hydrogen-bond acceptors (Lipinski definition) is 5. The molecule has 1 aromatic heterocycles. The fraction of sp³-hybridized carbons (Fsp3) is 0.583. The van der Waals surface area contributed by atoms with E-state index in [4.69, 9.17) is 5.26 Å². The van der Waals surface area contributed by atoms with Crippen LogP contribution in [0.2, 0.25) is 0 Å². The van der Waals surface area contributed by atoms with Gasteiger partial charge in [0.15, 0.2) is 11.5 Å². The Kier molecular flexibility index (Phi) is 3.89. The average Bonchev–Trinajstić information content (AvgIpc) is 2.40. The van der Waals surface area contributed by atoms with Crippen LogP contribution in [0.3, 0.4) is 0 Å². The van der Waals surface area contributed by atoms with Crippen molar-refractivity contribution in [3.05, 3.63) is 18.1 Å². The number of piperazine rings is 1. The van der Waals surface area contributed by atoms with Gasteiger partial charge in [-0.1, -0.05) is 6.92 Å². The molecule has 5 heteroatoms. The first-order valence-corrected chi connectivity index (χ1v) is 6.03. The van der Waals surface area contributed by atoms with Gasteiger partial charge in [-0.05, 0) is 13.0 Å². The fourth-order valence-corrected chi connectivity index (χ4v) is 2.14. The van der Waals surface area contributed by atoms with Crippen LogP contribution < -0.4 is 4.90 Å². The second kappa shape index (κ2) is 5.60. The summed E-state index contributed by atoms with van der Waals surface area (Å²) in [5.74, 6) is 0.728. The number of hydrogen-bond donors (Lipinski definition) is 0. The molecule has 0 aliphatic carbocycles. The quantitative estimate of drug-likeness (QED) is 0.773. The molecule has 2 heterocycles. The minimum atomic E-state index is 0.427. The van der Waals surface area contributed by atoms with Crippen molar-refractivity contribution in [2.45, 2.75) is 13.3 Å². The molecule has 1 aliphatic rings. The summed E-state index contributed by atoms with van der Waals surface area (Å²) in [5, 5.41) is 9.00. The van der Waals surface area contributed by atoms with Gasteiger partial charge in [0.2, 0.25) is 0 Å². The molecule has 1 aromatic rings. The zero-order chi connectivity index (χ0) is 12.1. The second-order valence-electron chi connectivity index (χ2n) is 4.17. The van der Waals surface area contributed by atoms with E-state index in [1.54, 1.807) is 12.4 Å². The lowest BCUT2D eigenvalue weighted by Crippen LogP contribution is -2.47. The maximum atomic E-state index is 9.00. The van der Waals surface area contributed by atoms with E-state index in [1.807, 2.05) is 0 Å². The molecule has 0 amide bonds. The predicted octanol–water partition coefficient (Wildman–Crippen LogP) is 0.880. The Balaban J connectivity index is 2.03. The lowest BCUT2D eigenvalue weighted by molar-refractivity contribution is 0.258. The Morgan fingerprint density at radius 3 is 2.59 bits per heavy atom. The summed E-state index contributed by atoms with van der Waals surface area (Å²) in [6, 6.07) is 2.10. The molecule has 1 saturated heterocycles. The van der Waals surface area contributed by atoms with Crippen molar-refractivity contribution in [2.75, 3.05) is 37.6 Å². The van der Waals surface area contributed by atoms with Gasteiger partial charge < -0.3 is 4.90 Å². The van der Waals surface area contributed by atoms with E-state index in [0.717, 1.165) is 38.5 Å². The molecule has 5 nitrogen and oxygen atoms in total. The Hall–Kier alpha value is -1.67. The smallest absolute Gasteiger partial charge is 0.183 e. The largest absolute Gasteiger partial charge is 0.352 e. The molecule has 0 bridgehead atoms. The number of aromatic nitrogens is 2. The third-order valence-corrected chi connectivity index (χ3v) is 3.00. The molecule has 17 heavy (non-hydrogen) atoms. The van der Waals surface area contributed by atoms with Crippen LogP contribution in [0.15, 0.2) is 12.4 Å². The van der Waals surface area contributed by atoms with E-state index in [2.05, 4.69) is 32.8 Å². The molecule has 0 N–H and O–H groups in total. The van der Waals surface area contributed by atoms with Gasteiger partial charge in [-0.15, -0.1) is 0 Å². The van der Waals surface area contributed by atoms with Gasteiger partial charge in [-0.3, -0.25) is 4.90 Å². The topological polar surface area (TPSA) is 56.1 Å². The first-order valence-electron chi connectivity index (χ1n) is 6.03. The lowest BCUT2D eigenvalue weighted by Gasteiger charge is -2.35. The maximum Gasteiger partial charge on any atom is 0.183 e. The zero-order valence-electron chi connectivity index (χ0n) is 10.1. The summed E-state index contributed by atoms with van der Waals surface area (Å²) in [7, 11) is 0. The first kappa shape index (κ1) is 11.8. The summed E-state index contributed by atoms with van der Waals surface area (Å²) in [4.78, 5) is 12.9. The molecular formula is C12H17N5. The Labute approximate surface area is 102 Å². The van der Waals surface area contributed by atoms with Gasteiger partial charge in [-0.2, -0.15) is 5.26 Å². The Morgan fingerprint density at radius 1 is 1.24 bits per heavy atom. The van der Waals surface area contributed by atoms with Crippen LogP contribution in [0.4, 0.5) is 5.82 Å². The highest BCUT2D eigenvalue weighted by Gasteiger charge is 2.19. The van der Waals surface area contributed by atoms with Crippen LogP contribution in [-0.2, 0) is 0 Å². The number of rotatable bonds is 3. The van der Waals surface area contributed by atoms with Crippen LogP contribution in [0.1, 0.15) is 19.0 Å². The monoisotopic (exact) mass is 231 g/mol. The zero-order valence-corrected chi connectivity index (χ0v) is 10.1. The van der Waals surface area contributed by atoms with Crippen molar-refractivity contribution in [2.24, 2.45) is 0 Å². The van der Waals surface area contributed by atoms with E-state index in [0.29, 0.717) is 5.69 Å². The fourth-order valence-electron chi connectivity index (χ4n) is 2.14. The standard InChI is InChI=1S/C12H17N5/c1-2-5-16-6-8-17(9-7-16)12-11(10-13)14-3-4-15-12/h3-4H,2,5-9H2,1H3. The van der Waals surface area contributed by atoms with Crippen molar-refractivity contribution in [3.63, 3.8) is 0 Å². The lowest BCUT2D eigenvalue weighted by atomic mass is 10.2. The number of nitrogens with zero attached hydrogens (tertiary/aromatic N) is 5. The SMILES string of the molecule is CCCN1CCN(c2nccnc2C#N)CC1.